The van der Waals surface area contributed by atoms with Gasteiger partial charge in [0.25, 0.3) is 0 Å². The molecule has 0 aromatic carbocycles. The summed E-state index contributed by atoms with van der Waals surface area (Å²) in [6.45, 7) is 13.4. The van der Waals surface area contributed by atoms with E-state index in [2.05, 4.69) is 41.5 Å². The predicted octanol–water partition coefficient (Wildman–Crippen LogP) is 4.66. The van der Waals surface area contributed by atoms with Crippen molar-refractivity contribution in [3.8, 4) is 0 Å². The minimum absolute atomic E-state index is 0.369. The van der Waals surface area contributed by atoms with Crippen LogP contribution in [0.1, 0.15) is 67.2 Å². The Labute approximate surface area is 89.8 Å². The highest BCUT2D eigenvalue weighted by atomic mass is 14.4. The molecule has 0 saturated carbocycles. The van der Waals surface area contributed by atoms with Crippen molar-refractivity contribution in [1.29, 1.82) is 5.41 Å². The van der Waals surface area contributed by atoms with Crippen LogP contribution in [0.5, 0.6) is 0 Å². The van der Waals surface area contributed by atoms with E-state index in [9.17, 15) is 0 Å². The second-order valence-corrected chi connectivity index (χ2v) is 6.72. The van der Waals surface area contributed by atoms with E-state index in [0.29, 0.717) is 10.8 Å². The van der Waals surface area contributed by atoms with E-state index in [1.54, 1.807) is 0 Å². The van der Waals surface area contributed by atoms with Gasteiger partial charge in [0.2, 0.25) is 0 Å². The number of rotatable bonds is 4. The lowest BCUT2D eigenvalue weighted by molar-refractivity contribution is 0.373. The Balaban J connectivity index is 3.68. The van der Waals surface area contributed by atoms with Crippen molar-refractivity contribution in [2.75, 3.05) is 0 Å². The van der Waals surface area contributed by atoms with Crippen molar-refractivity contribution in [3.05, 3.63) is 0 Å². The molecule has 0 amide bonds. The van der Waals surface area contributed by atoms with Crippen LogP contribution in [0.25, 0.3) is 0 Å². The van der Waals surface area contributed by atoms with Crippen molar-refractivity contribution in [2.24, 2.45) is 10.8 Å². The van der Waals surface area contributed by atoms with E-state index in [-0.39, 0.29) is 0 Å². The Bertz CT molecular complexity index is 158. The summed E-state index contributed by atoms with van der Waals surface area (Å²) in [7, 11) is 0. The van der Waals surface area contributed by atoms with Gasteiger partial charge in [-0.2, -0.15) is 0 Å². The summed E-state index contributed by atoms with van der Waals surface area (Å²) in [6.07, 6.45) is 4.21. The highest BCUT2D eigenvalue weighted by Gasteiger charge is 2.14. The molecule has 1 nitrogen and oxygen atoms in total. The third-order valence-electron chi connectivity index (χ3n) is 2.35. The first-order valence-corrected chi connectivity index (χ1v) is 5.66. The van der Waals surface area contributed by atoms with E-state index in [4.69, 9.17) is 5.41 Å². The van der Waals surface area contributed by atoms with Crippen LogP contribution in [0.15, 0.2) is 0 Å². The van der Waals surface area contributed by atoms with Gasteiger partial charge in [0, 0.05) is 5.71 Å². The molecule has 0 unspecified atom stereocenters. The molecule has 0 aliphatic rings. The minimum atomic E-state index is 0.369. The first-order chi connectivity index (χ1) is 6.10. The largest absolute Gasteiger partial charge is 0.310 e. The van der Waals surface area contributed by atoms with Crippen LogP contribution < -0.4 is 0 Å². The fourth-order valence-electron chi connectivity index (χ4n) is 1.18. The molecule has 14 heavy (non-hydrogen) atoms. The third-order valence-corrected chi connectivity index (χ3v) is 2.35. The zero-order chi connectivity index (χ0) is 11.4. The summed E-state index contributed by atoms with van der Waals surface area (Å²) in [6, 6.07) is 0. The molecular formula is C13H27N. The Morgan fingerprint density at radius 1 is 0.786 bits per heavy atom. The molecule has 0 rings (SSSR count). The van der Waals surface area contributed by atoms with Crippen LogP contribution in [-0.2, 0) is 0 Å². The van der Waals surface area contributed by atoms with Gasteiger partial charge in [0.05, 0.1) is 0 Å². The number of hydrogen-bond acceptors (Lipinski definition) is 1. The van der Waals surface area contributed by atoms with Crippen molar-refractivity contribution in [3.63, 3.8) is 0 Å². The molecule has 0 saturated heterocycles. The van der Waals surface area contributed by atoms with Gasteiger partial charge in [-0.1, -0.05) is 41.5 Å². The zero-order valence-corrected chi connectivity index (χ0v) is 10.8. The van der Waals surface area contributed by atoms with Crippen LogP contribution in [0, 0.1) is 16.2 Å². The molecule has 0 atom stereocenters. The van der Waals surface area contributed by atoms with Gasteiger partial charge in [-0.05, 0) is 36.5 Å². The Morgan fingerprint density at radius 3 is 1.29 bits per heavy atom. The van der Waals surface area contributed by atoms with Crippen LogP contribution >= 0.6 is 0 Å². The topological polar surface area (TPSA) is 23.9 Å². The molecule has 1 N–H and O–H groups in total. The highest BCUT2D eigenvalue weighted by molar-refractivity contribution is 5.81. The van der Waals surface area contributed by atoms with Crippen LogP contribution in [0.2, 0.25) is 0 Å². The van der Waals surface area contributed by atoms with Crippen LogP contribution in [-0.4, -0.2) is 5.71 Å². The molecule has 84 valence electrons. The molecule has 0 aromatic rings. The van der Waals surface area contributed by atoms with E-state index in [0.717, 1.165) is 31.4 Å². The van der Waals surface area contributed by atoms with Gasteiger partial charge in [0.1, 0.15) is 0 Å². The molecular weight excluding hydrogens is 170 g/mol. The van der Waals surface area contributed by atoms with Crippen molar-refractivity contribution >= 4 is 5.71 Å². The normalized spacial score (nSPS) is 13.0. The number of nitrogens with one attached hydrogen (secondary N) is 1. The highest BCUT2D eigenvalue weighted by Crippen LogP contribution is 2.24. The fraction of sp³-hybridized carbons (Fsp3) is 0.923. The van der Waals surface area contributed by atoms with E-state index < -0.39 is 0 Å². The lowest BCUT2D eigenvalue weighted by Gasteiger charge is -2.20. The zero-order valence-electron chi connectivity index (χ0n) is 10.8. The van der Waals surface area contributed by atoms with Crippen molar-refractivity contribution in [2.45, 2.75) is 67.2 Å². The second-order valence-electron chi connectivity index (χ2n) is 6.72. The van der Waals surface area contributed by atoms with E-state index >= 15 is 0 Å². The molecule has 1 heteroatoms. The first kappa shape index (κ1) is 13.7. The summed E-state index contributed by atoms with van der Waals surface area (Å²) in [5.74, 6) is 0. The van der Waals surface area contributed by atoms with Gasteiger partial charge in [-0.25, -0.2) is 0 Å². The van der Waals surface area contributed by atoms with Gasteiger partial charge < -0.3 is 5.41 Å². The van der Waals surface area contributed by atoms with Crippen molar-refractivity contribution in [1.82, 2.24) is 0 Å². The van der Waals surface area contributed by atoms with Crippen molar-refractivity contribution < 1.29 is 0 Å². The molecule has 0 spiro atoms. The molecule has 0 aromatic heterocycles. The Morgan fingerprint density at radius 2 is 1.07 bits per heavy atom. The molecule has 0 heterocycles. The average Bonchev–Trinajstić information content (AvgIpc) is 1.94. The van der Waals surface area contributed by atoms with Crippen LogP contribution in [0.3, 0.4) is 0 Å². The average molecular weight is 197 g/mol. The smallest absolute Gasteiger partial charge is 0.00895 e. The van der Waals surface area contributed by atoms with Crippen LogP contribution in [0.4, 0.5) is 0 Å². The fourth-order valence-corrected chi connectivity index (χ4v) is 1.18. The maximum atomic E-state index is 7.85. The summed E-state index contributed by atoms with van der Waals surface area (Å²) < 4.78 is 0. The summed E-state index contributed by atoms with van der Waals surface area (Å²) >= 11 is 0. The summed E-state index contributed by atoms with van der Waals surface area (Å²) in [5.41, 5.74) is 1.66. The molecule has 0 bridgehead atoms. The lowest BCUT2D eigenvalue weighted by atomic mass is 9.86. The third kappa shape index (κ3) is 9.76. The molecule has 0 aliphatic carbocycles. The van der Waals surface area contributed by atoms with Gasteiger partial charge in [0.15, 0.2) is 0 Å². The van der Waals surface area contributed by atoms with Gasteiger partial charge in [-0.15, -0.1) is 0 Å². The first-order valence-electron chi connectivity index (χ1n) is 5.66. The predicted molar refractivity (Wildman–Crippen MR) is 65.1 cm³/mol. The minimum Gasteiger partial charge on any atom is -0.310 e. The second kappa shape index (κ2) is 4.95. The van der Waals surface area contributed by atoms with E-state index in [1.165, 1.54) is 0 Å². The lowest BCUT2D eigenvalue weighted by Crippen LogP contribution is -2.11. The number of hydrogen-bond donors (Lipinski definition) is 1. The standard InChI is InChI=1S/C13H27N/c1-12(2,3)9-7-11(14)8-10-13(4,5)6/h14H,7-10H2,1-6H3. The molecule has 0 radical (unpaired) electrons. The quantitative estimate of drug-likeness (QED) is 0.634. The maximum absolute atomic E-state index is 7.85. The molecule has 0 fully saturated rings. The molecule has 0 aliphatic heterocycles. The van der Waals surface area contributed by atoms with Gasteiger partial charge in [-0.3, -0.25) is 0 Å². The summed E-state index contributed by atoms with van der Waals surface area (Å²) in [5, 5.41) is 7.85. The summed E-state index contributed by atoms with van der Waals surface area (Å²) in [4.78, 5) is 0. The Kier molecular flexibility index (Phi) is 4.83. The van der Waals surface area contributed by atoms with Gasteiger partial charge >= 0.3 is 0 Å². The maximum Gasteiger partial charge on any atom is 0.00895 e. The Hall–Kier alpha value is -0.330. The van der Waals surface area contributed by atoms with E-state index in [1.807, 2.05) is 0 Å². The monoisotopic (exact) mass is 197 g/mol. The SMILES string of the molecule is CC(C)(C)CCC(=N)CCC(C)(C)C.